The monoisotopic (exact) mass is 248 g/mol. The van der Waals surface area contributed by atoms with Crippen LogP contribution in [0.3, 0.4) is 0 Å². The molecule has 0 saturated heterocycles. The molecule has 0 atom stereocenters. The van der Waals surface area contributed by atoms with E-state index in [0.29, 0.717) is 17.1 Å². The molecule has 1 aromatic heterocycles. The molecule has 6 heteroatoms. The number of aromatic amines is 1. The summed E-state index contributed by atoms with van der Waals surface area (Å²) in [4.78, 5) is 17.7. The van der Waals surface area contributed by atoms with Gasteiger partial charge in [-0.15, -0.1) is 0 Å². The summed E-state index contributed by atoms with van der Waals surface area (Å²) in [6.45, 7) is 0. The van der Waals surface area contributed by atoms with Gasteiger partial charge in [-0.25, -0.2) is 0 Å². The zero-order valence-electron chi connectivity index (χ0n) is 9.93. The Labute approximate surface area is 103 Å². The first-order chi connectivity index (χ1) is 8.63. The highest BCUT2D eigenvalue weighted by atomic mass is 16.5. The van der Waals surface area contributed by atoms with E-state index in [4.69, 9.17) is 9.47 Å². The van der Waals surface area contributed by atoms with Crippen LogP contribution >= 0.6 is 0 Å². The van der Waals surface area contributed by atoms with E-state index >= 15 is 0 Å². The fourth-order valence-electron chi connectivity index (χ4n) is 1.57. The predicted octanol–water partition coefficient (Wildman–Crippen LogP) is 1.16. The molecule has 1 heterocycles. The van der Waals surface area contributed by atoms with Gasteiger partial charge in [0.15, 0.2) is 0 Å². The topological polar surface area (TPSA) is 84.4 Å². The molecular formula is C12H12N2O4. The molecule has 0 spiro atoms. The molecule has 2 rings (SSSR count). The lowest BCUT2D eigenvalue weighted by atomic mass is 10.1. The second kappa shape index (κ2) is 4.79. The normalized spacial score (nSPS) is 10.1. The Balaban J connectivity index is 2.59. The fourth-order valence-corrected chi connectivity index (χ4v) is 1.57. The van der Waals surface area contributed by atoms with Crippen LogP contribution in [0.1, 0.15) is 0 Å². The molecule has 0 fully saturated rings. The fraction of sp³-hybridized carbons (Fsp3) is 0.167. The van der Waals surface area contributed by atoms with E-state index in [1.165, 1.54) is 7.11 Å². The van der Waals surface area contributed by atoms with E-state index in [0.717, 1.165) is 6.07 Å². The Morgan fingerprint density at radius 2 is 2.00 bits per heavy atom. The van der Waals surface area contributed by atoms with Crippen LogP contribution in [-0.2, 0) is 0 Å². The summed E-state index contributed by atoms with van der Waals surface area (Å²) in [7, 11) is 3.04. The second-order valence-corrected chi connectivity index (χ2v) is 3.52. The van der Waals surface area contributed by atoms with Gasteiger partial charge < -0.3 is 19.6 Å². The number of aromatic nitrogens is 2. The van der Waals surface area contributed by atoms with Crippen molar-refractivity contribution in [2.45, 2.75) is 0 Å². The van der Waals surface area contributed by atoms with E-state index in [-0.39, 0.29) is 11.7 Å². The summed E-state index contributed by atoms with van der Waals surface area (Å²) in [6.07, 6.45) is 0. The molecule has 0 amide bonds. The van der Waals surface area contributed by atoms with Crippen molar-refractivity contribution in [3.8, 4) is 28.8 Å². The van der Waals surface area contributed by atoms with Gasteiger partial charge in [-0.05, 0) is 12.1 Å². The van der Waals surface area contributed by atoms with Crippen LogP contribution in [0.25, 0.3) is 11.4 Å². The molecular weight excluding hydrogens is 236 g/mol. The highest BCUT2D eigenvalue weighted by molar-refractivity contribution is 5.65. The van der Waals surface area contributed by atoms with E-state index in [2.05, 4.69) is 9.97 Å². The van der Waals surface area contributed by atoms with Gasteiger partial charge in [0.1, 0.15) is 17.3 Å². The molecule has 18 heavy (non-hydrogen) atoms. The SMILES string of the molecule is COc1ccc(-c2nc(O)cc(=O)[nH]2)c(OC)c1. The molecule has 0 aliphatic rings. The van der Waals surface area contributed by atoms with Crippen molar-refractivity contribution in [2.24, 2.45) is 0 Å². The van der Waals surface area contributed by atoms with Crippen LogP contribution in [-0.4, -0.2) is 29.3 Å². The highest BCUT2D eigenvalue weighted by Crippen LogP contribution is 2.31. The van der Waals surface area contributed by atoms with Gasteiger partial charge in [-0.3, -0.25) is 4.79 Å². The number of nitrogens with one attached hydrogen (secondary N) is 1. The Morgan fingerprint density at radius 1 is 1.22 bits per heavy atom. The Morgan fingerprint density at radius 3 is 2.61 bits per heavy atom. The van der Waals surface area contributed by atoms with Crippen molar-refractivity contribution in [1.82, 2.24) is 9.97 Å². The third-order valence-electron chi connectivity index (χ3n) is 2.39. The number of nitrogens with zero attached hydrogens (tertiary/aromatic N) is 1. The van der Waals surface area contributed by atoms with Crippen LogP contribution in [0.5, 0.6) is 17.4 Å². The van der Waals surface area contributed by atoms with Crippen LogP contribution < -0.4 is 15.0 Å². The Kier molecular flexibility index (Phi) is 3.18. The summed E-state index contributed by atoms with van der Waals surface area (Å²) >= 11 is 0. The standard InChI is InChI=1S/C12H12N2O4/c1-17-7-3-4-8(9(5-7)18-2)12-13-10(15)6-11(16)14-12/h3-6H,1-2H3,(H2,13,14,15,16). The van der Waals surface area contributed by atoms with Crippen molar-refractivity contribution in [2.75, 3.05) is 14.2 Å². The van der Waals surface area contributed by atoms with Crippen LogP contribution in [0, 0.1) is 0 Å². The summed E-state index contributed by atoms with van der Waals surface area (Å²) < 4.78 is 10.3. The van der Waals surface area contributed by atoms with Gasteiger partial charge in [0.25, 0.3) is 5.56 Å². The molecule has 0 aliphatic carbocycles. The number of ether oxygens (including phenoxy) is 2. The van der Waals surface area contributed by atoms with Gasteiger partial charge in [0.2, 0.25) is 5.88 Å². The van der Waals surface area contributed by atoms with Crippen LogP contribution in [0.2, 0.25) is 0 Å². The van der Waals surface area contributed by atoms with Gasteiger partial charge in [-0.1, -0.05) is 0 Å². The molecule has 2 N–H and O–H groups in total. The number of rotatable bonds is 3. The molecule has 0 radical (unpaired) electrons. The maximum absolute atomic E-state index is 11.3. The molecule has 0 saturated carbocycles. The third kappa shape index (κ3) is 2.27. The van der Waals surface area contributed by atoms with E-state index in [1.54, 1.807) is 25.3 Å². The minimum atomic E-state index is -0.435. The largest absolute Gasteiger partial charge is 0.497 e. The highest BCUT2D eigenvalue weighted by Gasteiger charge is 2.10. The minimum absolute atomic E-state index is 0.236. The van der Waals surface area contributed by atoms with Gasteiger partial charge >= 0.3 is 0 Å². The van der Waals surface area contributed by atoms with Crippen LogP contribution in [0.15, 0.2) is 29.1 Å². The van der Waals surface area contributed by atoms with Crippen molar-refractivity contribution >= 4 is 0 Å². The first kappa shape index (κ1) is 12.0. The zero-order valence-corrected chi connectivity index (χ0v) is 9.93. The molecule has 94 valence electrons. The lowest BCUT2D eigenvalue weighted by Gasteiger charge is -2.09. The van der Waals surface area contributed by atoms with Crippen molar-refractivity contribution in [3.05, 3.63) is 34.6 Å². The number of aromatic hydroxyl groups is 1. The smallest absolute Gasteiger partial charge is 0.254 e. The van der Waals surface area contributed by atoms with E-state index in [9.17, 15) is 9.90 Å². The number of hydrogen-bond acceptors (Lipinski definition) is 5. The average Bonchev–Trinajstić information content (AvgIpc) is 2.36. The lowest BCUT2D eigenvalue weighted by molar-refractivity contribution is 0.395. The Hall–Kier alpha value is -2.50. The molecule has 0 aliphatic heterocycles. The van der Waals surface area contributed by atoms with Gasteiger partial charge in [-0.2, -0.15) is 4.98 Å². The summed E-state index contributed by atoms with van der Waals surface area (Å²) in [5, 5.41) is 9.32. The average molecular weight is 248 g/mol. The first-order valence-electron chi connectivity index (χ1n) is 5.17. The maximum Gasteiger partial charge on any atom is 0.254 e. The number of methoxy groups -OCH3 is 2. The van der Waals surface area contributed by atoms with Crippen molar-refractivity contribution in [3.63, 3.8) is 0 Å². The van der Waals surface area contributed by atoms with E-state index < -0.39 is 5.56 Å². The summed E-state index contributed by atoms with van der Waals surface area (Å²) in [5.41, 5.74) is 0.127. The van der Waals surface area contributed by atoms with Gasteiger partial charge in [0.05, 0.1) is 25.8 Å². The molecule has 1 aromatic carbocycles. The molecule has 2 aromatic rings. The minimum Gasteiger partial charge on any atom is -0.497 e. The quantitative estimate of drug-likeness (QED) is 0.851. The third-order valence-corrected chi connectivity index (χ3v) is 2.39. The van der Waals surface area contributed by atoms with Gasteiger partial charge in [0, 0.05) is 6.07 Å². The van der Waals surface area contributed by atoms with Crippen molar-refractivity contribution < 1.29 is 14.6 Å². The lowest BCUT2D eigenvalue weighted by Crippen LogP contribution is -2.07. The maximum atomic E-state index is 11.3. The Bertz CT molecular complexity index is 622. The first-order valence-corrected chi connectivity index (χ1v) is 5.17. The summed E-state index contributed by atoms with van der Waals surface area (Å²) in [6, 6.07) is 6.07. The molecule has 0 bridgehead atoms. The van der Waals surface area contributed by atoms with E-state index in [1.807, 2.05) is 0 Å². The zero-order chi connectivity index (χ0) is 13.1. The second-order valence-electron chi connectivity index (χ2n) is 3.52. The molecule has 0 unspecified atom stereocenters. The number of hydrogen-bond donors (Lipinski definition) is 2. The number of H-pyrrole nitrogens is 1. The number of benzene rings is 1. The molecule has 6 nitrogen and oxygen atoms in total. The van der Waals surface area contributed by atoms with Crippen LogP contribution in [0.4, 0.5) is 0 Å². The predicted molar refractivity (Wildman–Crippen MR) is 65.1 cm³/mol. The summed E-state index contributed by atoms with van der Waals surface area (Å²) in [5.74, 6) is 1.01. The van der Waals surface area contributed by atoms with Crippen molar-refractivity contribution in [1.29, 1.82) is 0 Å².